The third-order valence-corrected chi connectivity index (χ3v) is 17.1. The molecule has 0 radical (unpaired) electrons. The summed E-state index contributed by atoms with van der Waals surface area (Å²) in [5, 5.41) is 2.36. The second-order valence-electron chi connectivity index (χ2n) is 24.3. The number of benzene rings is 7. The number of furan rings is 1. The fourth-order valence-electron chi connectivity index (χ4n) is 12.7. The zero-order valence-corrected chi connectivity index (χ0v) is 41.8. The van der Waals surface area contributed by atoms with Crippen LogP contribution >= 0.6 is 0 Å². The van der Waals surface area contributed by atoms with Crippen molar-refractivity contribution in [3.63, 3.8) is 0 Å². The summed E-state index contributed by atoms with van der Waals surface area (Å²) in [5.74, 6) is 0. The van der Waals surface area contributed by atoms with Crippen LogP contribution in [0.4, 0.5) is 34.1 Å². The summed E-state index contributed by atoms with van der Waals surface area (Å²) >= 11 is 0. The quantitative estimate of drug-likeness (QED) is 0.165. The van der Waals surface area contributed by atoms with Crippen molar-refractivity contribution in [1.29, 1.82) is 0 Å². The zero-order valence-electron chi connectivity index (χ0n) is 41.8. The Bertz CT molecular complexity index is 3380. The van der Waals surface area contributed by atoms with Gasteiger partial charge in [-0.2, -0.15) is 0 Å². The van der Waals surface area contributed by atoms with E-state index in [4.69, 9.17) is 4.42 Å². The van der Waals surface area contributed by atoms with Gasteiger partial charge in [-0.25, -0.2) is 0 Å². The normalized spacial score (nSPS) is 18.3. The van der Waals surface area contributed by atoms with E-state index in [1.54, 1.807) is 0 Å². The minimum Gasteiger partial charge on any atom is -0.456 e. The van der Waals surface area contributed by atoms with E-state index in [1.807, 2.05) is 0 Å². The highest BCUT2D eigenvalue weighted by Gasteiger charge is 2.48. The highest BCUT2D eigenvalue weighted by Crippen LogP contribution is 2.54. The van der Waals surface area contributed by atoms with Crippen LogP contribution in [0, 0.1) is 6.92 Å². The molecule has 1 aromatic heterocycles. The number of nitrogens with zero attached hydrogens (tertiary/aromatic N) is 2. The number of aryl methyl sites for hydroxylation is 1. The van der Waals surface area contributed by atoms with Gasteiger partial charge in [0.25, 0.3) is 6.71 Å². The summed E-state index contributed by atoms with van der Waals surface area (Å²) in [6.07, 6.45) is 4.68. The summed E-state index contributed by atoms with van der Waals surface area (Å²) in [4.78, 5) is 5.32. The SMILES string of the molecule is Cc1ccccc1N1c2cc(-c3ccccc3)cc3c2B(c2cc4c(cc2N3c2ccc3c(c2)C(C)(C)CCC3(C)C)C(C)(C)CCC4(C)C)c2ccc3oc4ccc(C(C)(C)C)cc4c3c21. The molecule has 0 amide bonds. The number of rotatable bonds is 3. The molecule has 12 rings (SSSR count). The molecule has 4 aliphatic rings. The first kappa shape index (κ1) is 42.4. The Morgan fingerprint density at radius 1 is 0.493 bits per heavy atom. The number of fused-ring (bicyclic) bond motifs is 10. The van der Waals surface area contributed by atoms with Crippen LogP contribution in [0.25, 0.3) is 33.1 Å². The van der Waals surface area contributed by atoms with E-state index in [0.29, 0.717) is 0 Å². The molecule has 67 heavy (non-hydrogen) atoms. The van der Waals surface area contributed by atoms with Gasteiger partial charge in [-0.3, -0.25) is 0 Å². The minimum atomic E-state index is -0.0318. The molecular formula is C63H65BN2O. The maximum Gasteiger partial charge on any atom is 0.252 e. The van der Waals surface area contributed by atoms with Gasteiger partial charge in [-0.1, -0.05) is 149 Å². The number of hydrogen-bond donors (Lipinski definition) is 0. The molecule has 0 saturated heterocycles. The minimum absolute atomic E-state index is 0.0263. The van der Waals surface area contributed by atoms with Crippen molar-refractivity contribution in [2.24, 2.45) is 0 Å². The Balaban J connectivity index is 1.26. The Hall–Kier alpha value is -6.00. The van der Waals surface area contributed by atoms with Crippen molar-refractivity contribution in [2.45, 2.75) is 136 Å². The van der Waals surface area contributed by atoms with E-state index in [2.05, 4.69) is 220 Å². The predicted molar refractivity (Wildman–Crippen MR) is 287 cm³/mol. The van der Waals surface area contributed by atoms with Crippen molar-refractivity contribution in [3.05, 3.63) is 161 Å². The predicted octanol–water partition coefficient (Wildman–Crippen LogP) is 15.6. The zero-order chi connectivity index (χ0) is 46.7. The Morgan fingerprint density at radius 2 is 1.09 bits per heavy atom. The Kier molecular flexibility index (Phi) is 8.87. The van der Waals surface area contributed by atoms with Crippen molar-refractivity contribution >= 4 is 79.2 Å². The molecule has 0 fully saturated rings. The van der Waals surface area contributed by atoms with Crippen molar-refractivity contribution < 1.29 is 4.42 Å². The van der Waals surface area contributed by atoms with Gasteiger partial charge in [0.2, 0.25) is 0 Å². The number of para-hydroxylation sites is 1. The van der Waals surface area contributed by atoms with Crippen molar-refractivity contribution in [2.75, 3.05) is 9.80 Å². The third kappa shape index (κ3) is 6.23. The fraction of sp³-hybridized carbons (Fsp3) is 0.333. The van der Waals surface area contributed by atoms with Crippen molar-refractivity contribution in [1.82, 2.24) is 0 Å². The topological polar surface area (TPSA) is 19.6 Å². The molecule has 4 heteroatoms. The third-order valence-electron chi connectivity index (χ3n) is 17.1. The summed E-state index contributed by atoms with van der Waals surface area (Å²) in [6, 6.07) is 49.5. The van der Waals surface area contributed by atoms with Gasteiger partial charge < -0.3 is 14.2 Å². The van der Waals surface area contributed by atoms with Gasteiger partial charge in [0, 0.05) is 33.8 Å². The van der Waals surface area contributed by atoms with Gasteiger partial charge in [-0.05, 0) is 175 Å². The Morgan fingerprint density at radius 3 is 1.76 bits per heavy atom. The first-order valence-corrected chi connectivity index (χ1v) is 25.0. The lowest BCUT2D eigenvalue weighted by Gasteiger charge is -2.48. The van der Waals surface area contributed by atoms with E-state index >= 15 is 0 Å². The monoisotopic (exact) mass is 877 g/mol. The van der Waals surface area contributed by atoms with Gasteiger partial charge in [0.05, 0.1) is 11.1 Å². The standard InChI is InChI=1S/C63H65BN2O/c1-38-18-16-17-21-50(38)66-53-33-40(39-19-14-13-15-20-39)32-52-57(53)64(48-25-27-55-56(58(48)66)43-34-41(59(2,3)4)22-26-54(43)67-55)49-36-46-47(63(11,12)31-30-62(46,9)10)37-51(49)65(52)42-23-24-44-45(35-42)61(7,8)29-28-60(44,5)6/h13-27,32-37H,28-31H2,1-12H3. The summed E-state index contributed by atoms with van der Waals surface area (Å²) in [5.41, 5.74) is 24.5. The van der Waals surface area contributed by atoms with Crippen LogP contribution < -0.4 is 26.2 Å². The lowest BCUT2D eigenvalue weighted by atomic mass is 9.33. The highest BCUT2D eigenvalue weighted by atomic mass is 16.3. The largest absolute Gasteiger partial charge is 0.456 e. The smallest absolute Gasteiger partial charge is 0.252 e. The molecule has 2 aliphatic carbocycles. The highest BCUT2D eigenvalue weighted by molar-refractivity contribution is 7.00. The molecule has 0 saturated carbocycles. The number of hydrogen-bond acceptors (Lipinski definition) is 3. The first-order chi connectivity index (χ1) is 31.7. The van der Waals surface area contributed by atoms with Gasteiger partial charge >= 0.3 is 0 Å². The van der Waals surface area contributed by atoms with Crippen LogP contribution in [-0.4, -0.2) is 6.71 Å². The molecule has 0 unspecified atom stereocenters. The molecule has 3 heterocycles. The maximum atomic E-state index is 6.90. The molecule has 0 spiro atoms. The lowest BCUT2D eigenvalue weighted by molar-refractivity contribution is 0.332. The van der Waals surface area contributed by atoms with E-state index in [9.17, 15) is 0 Å². The lowest BCUT2D eigenvalue weighted by Crippen LogP contribution is -2.62. The molecule has 8 aromatic rings. The Labute approximate surface area is 399 Å². The molecular weight excluding hydrogens is 812 g/mol. The second-order valence-corrected chi connectivity index (χ2v) is 24.3. The van der Waals surface area contributed by atoms with Gasteiger partial charge in [0.1, 0.15) is 11.2 Å². The van der Waals surface area contributed by atoms with Crippen LogP contribution in [0.5, 0.6) is 0 Å². The van der Waals surface area contributed by atoms with E-state index < -0.39 is 0 Å². The van der Waals surface area contributed by atoms with Crippen LogP contribution in [0.15, 0.2) is 132 Å². The average molecular weight is 877 g/mol. The summed E-state index contributed by atoms with van der Waals surface area (Å²) < 4.78 is 6.90. The molecule has 7 aromatic carbocycles. The molecule has 0 N–H and O–H groups in total. The molecule has 0 atom stereocenters. The van der Waals surface area contributed by atoms with Crippen molar-refractivity contribution in [3.8, 4) is 11.1 Å². The van der Waals surface area contributed by atoms with Gasteiger partial charge in [-0.15, -0.1) is 0 Å². The van der Waals surface area contributed by atoms with Gasteiger partial charge in [0.15, 0.2) is 0 Å². The molecule has 2 aliphatic heterocycles. The van der Waals surface area contributed by atoms with E-state index in [0.717, 1.165) is 24.0 Å². The molecule has 3 nitrogen and oxygen atoms in total. The average Bonchev–Trinajstić information content (AvgIpc) is 3.68. The van der Waals surface area contributed by atoms with Crippen LogP contribution in [0.2, 0.25) is 0 Å². The second kappa shape index (κ2) is 14.0. The van der Waals surface area contributed by atoms with E-state index in [1.165, 1.54) is 119 Å². The molecule has 336 valence electrons. The number of anilines is 6. The summed E-state index contributed by atoms with van der Waals surface area (Å²) in [6.45, 7) is 28.9. The fourth-order valence-corrected chi connectivity index (χ4v) is 12.7. The molecule has 0 bridgehead atoms. The van der Waals surface area contributed by atoms with Crippen LogP contribution in [0.1, 0.15) is 135 Å². The summed E-state index contributed by atoms with van der Waals surface area (Å²) in [7, 11) is 0. The first-order valence-electron chi connectivity index (χ1n) is 25.0. The van der Waals surface area contributed by atoms with Crippen LogP contribution in [0.3, 0.4) is 0 Å². The maximum absolute atomic E-state index is 6.90. The van der Waals surface area contributed by atoms with E-state index in [-0.39, 0.29) is 33.8 Å². The van der Waals surface area contributed by atoms with Crippen LogP contribution in [-0.2, 0) is 27.1 Å².